The molecule has 0 N–H and O–H groups in total. The van der Waals surface area contributed by atoms with Crippen LogP contribution in [0.5, 0.6) is 5.75 Å². The van der Waals surface area contributed by atoms with Gasteiger partial charge in [-0.1, -0.05) is 24.6 Å². The zero-order valence-electron chi connectivity index (χ0n) is 11.4. The maximum Gasteiger partial charge on any atom is 0.306 e. The molecule has 18 heavy (non-hydrogen) atoms. The van der Waals surface area contributed by atoms with Crippen LogP contribution in [0.4, 0.5) is 0 Å². The Bertz CT molecular complexity index is 429. The van der Waals surface area contributed by atoms with Crippen LogP contribution in [-0.4, -0.2) is 12.6 Å². The lowest BCUT2D eigenvalue weighted by Gasteiger charge is -2.17. The van der Waals surface area contributed by atoms with Crippen LogP contribution in [0.25, 0.3) is 0 Å². The second kappa shape index (κ2) is 6.75. The monoisotopic (exact) mass is 268 g/mol. The van der Waals surface area contributed by atoms with E-state index in [2.05, 4.69) is 21.6 Å². The normalized spacial score (nSPS) is 12.1. The molecule has 1 aromatic rings. The third-order valence-electron chi connectivity index (χ3n) is 2.87. The Hall–Kier alpha value is -1.08. The van der Waals surface area contributed by atoms with Crippen molar-refractivity contribution in [3.63, 3.8) is 0 Å². The molecule has 100 valence electrons. The fourth-order valence-electron chi connectivity index (χ4n) is 2.09. The molecule has 0 amide bonds. The van der Waals surface area contributed by atoms with E-state index in [1.807, 2.05) is 27.7 Å². The lowest BCUT2D eigenvalue weighted by atomic mass is 9.93. The number of hydrogen-bond acceptors (Lipinski definition) is 3. The first-order valence-electron chi connectivity index (χ1n) is 6.13. The highest BCUT2D eigenvalue weighted by Gasteiger charge is 2.17. The van der Waals surface area contributed by atoms with Crippen LogP contribution in [0.3, 0.4) is 0 Å². The predicted octanol–water partition coefficient (Wildman–Crippen LogP) is 3.53. The third kappa shape index (κ3) is 3.71. The van der Waals surface area contributed by atoms with Gasteiger partial charge in [0.2, 0.25) is 0 Å². The molecule has 4 heteroatoms. The number of hydrogen-bond donors (Lipinski definition) is 0. The minimum absolute atomic E-state index is 0.0817. The number of rotatable bonds is 5. The minimum Gasteiger partial charge on any atom is -0.480 e. The molecule has 2 atom stereocenters. The minimum atomic E-state index is -0.168. The average molecular weight is 268 g/mol. The first-order chi connectivity index (χ1) is 8.49. The zero-order valence-corrected chi connectivity index (χ0v) is 12.6. The highest BCUT2D eigenvalue weighted by molar-refractivity contribution is 7.10. The fraction of sp³-hybridized carbons (Fsp3) is 0.500. The molecule has 0 spiro atoms. The van der Waals surface area contributed by atoms with Crippen LogP contribution >= 0.6 is 9.47 Å². The van der Waals surface area contributed by atoms with Gasteiger partial charge in [-0.05, 0) is 37.8 Å². The summed E-state index contributed by atoms with van der Waals surface area (Å²) in [5.41, 5.74) is 3.30. The largest absolute Gasteiger partial charge is 0.480 e. The van der Waals surface area contributed by atoms with Crippen molar-refractivity contribution in [2.24, 2.45) is 0 Å². The zero-order chi connectivity index (χ0) is 13.7. The van der Waals surface area contributed by atoms with E-state index in [0.717, 1.165) is 16.9 Å². The van der Waals surface area contributed by atoms with Crippen LogP contribution in [0.2, 0.25) is 0 Å². The Morgan fingerprint density at radius 2 is 2.06 bits per heavy atom. The molecule has 0 aromatic heterocycles. The van der Waals surface area contributed by atoms with Gasteiger partial charge in [-0.25, -0.2) is 0 Å². The van der Waals surface area contributed by atoms with Crippen molar-refractivity contribution in [3.8, 4) is 5.75 Å². The molecule has 0 saturated heterocycles. The van der Waals surface area contributed by atoms with E-state index in [9.17, 15) is 4.79 Å². The van der Waals surface area contributed by atoms with Gasteiger partial charge in [0.1, 0.15) is 5.75 Å². The molecule has 0 radical (unpaired) electrons. The molecule has 0 fully saturated rings. The number of carbonyl (C=O) groups excluding carboxylic acids is 1. The SMILES string of the molecule is CCOC(=O)CC(C)c1cc(C)cc(C)c1OP. The van der Waals surface area contributed by atoms with Crippen LogP contribution in [0.1, 0.15) is 42.9 Å². The van der Waals surface area contributed by atoms with Gasteiger partial charge < -0.3 is 9.26 Å². The van der Waals surface area contributed by atoms with Gasteiger partial charge in [-0.2, -0.15) is 0 Å². The number of ether oxygens (including phenoxy) is 1. The highest BCUT2D eigenvalue weighted by Crippen LogP contribution is 2.34. The molecule has 1 rings (SSSR count). The Balaban J connectivity index is 2.97. The lowest BCUT2D eigenvalue weighted by molar-refractivity contribution is -0.143. The molecule has 0 aliphatic rings. The Labute approximate surface area is 111 Å². The average Bonchev–Trinajstić information content (AvgIpc) is 2.28. The molecule has 0 saturated carbocycles. The van der Waals surface area contributed by atoms with Crippen molar-refractivity contribution in [2.75, 3.05) is 6.61 Å². The molecule has 0 bridgehead atoms. The topological polar surface area (TPSA) is 35.5 Å². The van der Waals surface area contributed by atoms with Crippen molar-refractivity contribution in [3.05, 3.63) is 28.8 Å². The van der Waals surface area contributed by atoms with Gasteiger partial charge in [-0.3, -0.25) is 4.79 Å². The fourth-order valence-corrected chi connectivity index (χ4v) is 2.42. The van der Waals surface area contributed by atoms with Crippen molar-refractivity contribution in [2.45, 2.75) is 40.0 Å². The summed E-state index contributed by atoms with van der Waals surface area (Å²) in [7, 11) is 2.27. The highest BCUT2D eigenvalue weighted by atomic mass is 31.0. The molecule has 2 unspecified atom stereocenters. The van der Waals surface area contributed by atoms with Gasteiger partial charge in [-0.15, -0.1) is 0 Å². The van der Waals surface area contributed by atoms with Gasteiger partial charge >= 0.3 is 5.97 Å². The smallest absolute Gasteiger partial charge is 0.306 e. The van der Waals surface area contributed by atoms with Crippen molar-refractivity contribution < 1.29 is 14.1 Å². The van der Waals surface area contributed by atoms with E-state index < -0.39 is 0 Å². The molecule has 0 aliphatic heterocycles. The van der Waals surface area contributed by atoms with E-state index in [1.165, 1.54) is 5.56 Å². The van der Waals surface area contributed by atoms with E-state index in [-0.39, 0.29) is 11.9 Å². The van der Waals surface area contributed by atoms with E-state index >= 15 is 0 Å². The molecule has 1 aromatic carbocycles. The lowest BCUT2D eigenvalue weighted by Crippen LogP contribution is -2.09. The number of esters is 1. The van der Waals surface area contributed by atoms with E-state index in [1.54, 1.807) is 0 Å². The first kappa shape index (κ1) is 15.0. The summed E-state index contributed by atoms with van der Waals surface area (Å²) in [4.78, 5) is 11.5. The summed E-state index contributed by atoms with van der Waals surface area (Å²) in [6, 6.07) is 4.14. The molecule has 0 aliphatic carbocycles. The van der Waals surface area contributed by atoms with Crippen molar-refractivity contribution in [1.82, 2.24) is 0 Å². The Kier molecular flexibility index (Phi) is 5.61. The molecular formula is C14H21O3P. The number of aryl methyl sites for hydroxylation is 2. The van der Waals surface area contributed by atoms with Crippen molar-refractivity contribution in [1.29, 1.82) is 0 Å². The number of benzene rings is 1. The summed E-state index contributed by atoms with van der Waals surface area (Å²) >= 11 is 0. The van der Waals surface area contributed by atoms with Crippen LogP contribution in [0.15, 0.2) is 12.1 Å². The quantitative estimate of drug-likeness (QED) is 0.605. The molecule has 3 nitrogen and oxygen atoms in total. The molecular weight excluding hydrogens is 247 g/mol. The number of carbonyl (C=O) groups is 1. The van der Waals surface area contributed by atoms with Gasteiger partial charge in [0.15, 0.2) is 0 Å². The third-order valence-corrected chi connectivity index (χ3v) is 3.11. The second-order valence-electron chi connectivity index (χ2n) is 4.53. The summed E-state index contributed by atoms with van der Waals surface area (Å²) in [6.45, 7) is 8.30. The van der Waals surface area contributed by atoms with Crippen molar-refractivity contribution >= 4 is 15.4 Å². The summed E-state index contributed by atoms with van der Waals surface area (Å²) in [5, 5.41) is 0. The van der Waals surface area contributed by atoms with Crippen LogP contribution in [-0.2, 0) is 9.53 Å². The second-order valence-corrected chi connectivity index (χ2v) is 4.76. The van der Waals surface area contributed by atoms with Gasteiger partial charge in [0.05, 0.1) is 22.5 Å². The predicted molar refractivity (Wildman–Crippen MR) is 75.9 cm³/mol. The van der Waals surface area contributed by atoms with E-state index in [4.69, 9.17) is 9.26 Å². The summed E-state index contributed by atoms with van der Waals surface area (Å²) in [6.07, 6.45) is 0.373. The molecule has 0 heterocycles. The Morgan fingerprint density at radius 3 is 2.61 bits per heavy atom. The summed E-state index contributed by atoms with van der Waals surface area (Å²) < 4.78 is 10.3. The maximum atomic E-state index is 11.5. The van der Waals surface area contributed by atoms with Gasteiger partial charge in [0.25, 0.3) is 0 Å². The first-order valence-corrected chi connectivity index (χ1v) is 6.60. The maximum absolute atomic E-state index is 11.5. The summed E-state index contributed by atoms with van der Waals surface area (Å²) in [5.74, 6) is 0.750. The van der Waals surface area contributed by atoms with Crippen LogP contribution < -0.4 is 4.52 Å². The van der Waals surface area contributed by atoms with E-state index in [0.29, 0.717) is 13.0 Å². The Morgan fingerprint density at radius 1 is 1.39 bits per heavy atom. The van der Waals surface area contributed by atoms with Crippen LogP contribution in [0, 0.1) is 13.8 Å². The van der Waals surface area contributed by atoms with Gasteiger partial charge in [0, 0.05) is 0 Å². The standard InChI is InChI=1S/C14H21O3P/c1-5-16-13(15)8-10(3)12-7-9(2)6-11(4)14(12)17-18/h6-7,10H,5,8,18H2,1-4H3.